The first-order valence-electron chi connectivity index (χ1n) is 9.25. The van der Waals surface area contributed by atoms with E-state index in [1.807, 2.05) is 66.7 Å². The number of furan rings is 1. The molecule has 4 nitrogen and oxygen atoms in total. The van der Waals surface area contributed by atoms with Crippen LogP contribution in [0.25, 0.3) is 22.2 Å². The first-order valence-corrected chi connectivity index (χ1v) is 10.1. The van der Waals surface area contributed by atoms with Crippen molar-refractivity contribution in [3.63, 3.8) is 0 Å². The number of para-hydroxylation sites is 2. The van der Waals surface area contributed by atoms with E-state index in [2.05, 4.69) is 39.2 Å². The molecule has 0 spiro atoms. The summed E-state index contributed by atoms with van der Waals surface area (Å²) in [6.45, 7) is 0. The van der Waals surface area contributed by atoms with E-state index in [1.165, 1.54) is 22.9 Å². The number of aliphatic imine (C=N–C) groups is 1. The fourth-order valence-corrected chi connectivity index (χ4v) is 3.81. The Morgan fingerprint density at radius 2 is 1.55 bits per heavy atom. The number of H-pyrrole nitrogens is 1. The van der Waals surface area contributed by atoms with Gasteiger partial charge in [0.05, 0.1) is 22.9 Å². The monoisotopic (exact) mass is 395 g/mol. The highest BCUT2D eigenvalue weighted by Gasteiger charge is 2.07. The smallest absolute Gasteiger partial charge is 0.174 e. The SMILES string of the molecule is C(=Nc1ccc(-c2ccccc2)cc1)c1ccc(Sc2nc3ccccc3[nH]2)o1. The van der Waals surface area contributed by atoms with Crippen molar-refractivity contribution in [2.24, 2.45) is 4.99 Å². The van der Waals surface area contributed by atoms with E-state index in [0.717, 1.165) is 27.0 Å². The standard InChI is InChI=1S/C24H17N3OS/c1-2-6-17(7-3-1)18-10-12-19(13-11-18)25-16-20-14-15-23(28-20)29-24-26-21-8-4-5-9-22(21)27-24/h1-16H,(H,26,27). The van der Waals surface area contributed by atoms with Gasteiger partial charge in [0.1, 0.15) is 5.76 Å². The third-order valence-electron chi connectivity index (χ3n) is 4.48. The Bertz CT molecular complexity index is 1240. The number of aromatic nitrogens is 2. The zero-order chi connectivity index (χ0) is 19.5. The lowest BCUT2D eigenvalue weighted by Crippen LogP contribution is -1.77. The highest BCUT2D eigenvalue weighted by Crippen LogP contribution is 2.29. The summed E-state index contributed by atoms with van der Waals surface area (Å²) in [6, 6.07) is 30.3. The topological polar surface area (TPSA) is 54.2 Å². The van der Waals surface area contributed by atoms with Crippen molar-refractivity contribution in [3.8, 4) is 11.1 Å². The maximum absolute atomic E-state index is 5.85. The second-order valence-corrected chi connectivity index (χ2v) is 7.48. The molecule has 0 amide bonds. The van der Waals surface area contributed by atoms with Gasteiger partial charge in [-0.1, -0.05) is 54.6 Å². The van der Waals surface area contributed by atoms with E-state index in [1.54, 1.807) is 6.21 Å². The molecule has 1 N–H and O–H groups in total. The predicted octanol–water partition coefficient (Wildman–Crippen LogP) is 6.72. The molecular formula is C24H17N3OS. The summed E-state index contributed by atoms with van der Waals surface area (Å²) in [6.07, 6.45) is 1.74. The van der Waals surface area contributed by atoms with Gasteiger partial charge in [-0.25, -0.2) is 4.98 Å². The van der Waals surface area contributed by atoms with Gasteiger partial charge < -0.3 is 9.40 Å². The van der Waals surface area contributed by atoms with Gasteiger partial charge in [-0.3, -0.25) is 4.99 Å². The van der Waals surface area contributed by atoms with Crippen molar-refractivity contribution in [1.29, 1.82) is 0 Å². The molecule has 3 aromatic carbocycles. The number of benzene rings is 3. The van der Waals surface area contributed by atoms with Gasteiger partial charge in [-0.15, -0.1) is 0 Å². The van der Waals surface area contributed by atoms with E-state index >= 15 is 0 Å². The van der Waals surface area contributed by atoms with Crippen LogP contribution < -0.4 is 0 Å². The summed E-state index contributed by atoms with van der Waals surface area (Å²) in [5.74, 6) is 0.704. The van der Waals surface area contributed by atoms with Crippen LogP contribution in [0.3, 0.4) is 0 Å². The number of hydrogen-bond acceptors (Lipinski definition) is 4. The third-order valence-corrected chi connectivity index (χ3v) is 5.29. The Morgan fingerprint density at radius 3 is 2.38 bits per heavy atom. The molecule has 0 aliphatic rings. The minimum Gasteiger partial charge on any atom is -0.448 e. The molecule has 0 radical (unpaired) electrons. The van der Waals surface area contributed by atoms with Gasteiger partial charge in [0, 0.05) is 0 Å². The molecule has 29 heavy (non-hydrogen) atoms. The number of fused-ring (bicyclic) bond motifs is 1. The van der Waals surface area contributed by atoms with Crippen molar-refractivity contribution in [2.45, 2.75) is 10.2 Å². The largest absolute Gasteiger partial charge is 0.448 e. The molecule has 2 aromatic heterocycles. The van der Waals surface area contributed by atoms with Crippen LogP contribution in [0.4, 0.5) is 5.69 Å². The molecule has 5 heteroatoms. The minimum atomic E-state index is 0.704. The van der Waals surface area contributed by atoms with Crippen molar-refractivity contribution in [3.05, 3.63) is 96.8 Å². The molecule has 0 aliphatic carbocycles. The molecule has 0 unspecified atom stereocenters. The van der Waals surface area contributed by atoms with Crippen LogP contribution in [-0.4, -0.2) is 16.2 Å². The Kier molecular flexibility index (Phi) is 4.72. The minimum absolute atomic E-state index is 0.704. The molecule has 0 saturated heterocycles. The number of nitrogens with one attached hydrogen (secondary N) is 1. The van der Waals surface area contributed by atoms with Crippen LogP contribution in [0.5, 0.6) is 0 Å². The van der Waals surface area contributed by atoms with Crippen LogP contribution in [0.15, 0.2) is 111 Å². The summed E-state index contributed by atoms with van der Waals surface area (Å²) in [5.41, 5.74) is 5.21. The van der Waals surface area contributed by atoms with Gasteiger partial charge >= 0.3 is 0 Å². The Hall–Kier alpha value is -3.57. The van der Waals surface area contributed by atoms with Crippen LogP contribution in [0.2, 0.25) is 0 Å². The van der Waals surface area contributed by atoms with E-state index in [9.17, 15) is 0 Å². The zero-order valence-corrected chi connectivity index (χ0v) is 16.3. The highest BCUT2D eigenvalue weighted by molar-refractivity contribution is 7.99. The Balaban J connectivity index is 1.27. The van der Waals surface area contributed by atoms with Gasteiger partial charge in [-0.05, 0) is 59.3 Å². The molecule has 2 heterocycles. The summed E-state index contributed by atoms with van der Waals surface area (Å²) in [5, 5.41) is 1.57. The average Bonchev–Trinajstić information content (AvgIpc) is 3.39. The summed E-state index contributed by atoms with van der Waals surface area (Å²) in [4.78, 5) is 12.4. The Morgan fingerprint density at radius 1 is 0.793 bits per heavy atom. The lowest BCUT2D eigenvalue weighted by molar-refractivity contribution is 0.468. The van der Waals surface area contributed by atoms with Gasteiger partial charge in [0.15, 0.2) is 10.2 Å². The van der Waals surface area contributed by atoms with Crippen molar-refractivity contribution in [2.75, 3.05) is 0 Å². The molecule has 0 bridgehead atoms. The van der Waals surface area contributed by atoms with Crippen molar-refractivity contribution < 1.29 is 4.42 Å². The second-order valence-electron chi connectivity index (χ2n) is 6.49. The van der Waals surface area contributed by atoms with E-state index < -0.39 is 0 Å². The molecule has 0 atom stereocenters. The number of rotatable bonds is 5. The summed E-state index contributed by atoms with van der Waals surface area (Å²) < 4.78 is 5.85. The first-order chi connectivity index (χ1) is 14.3. The lowest BCUT2D eigenvalue weighted by atomic mass is 10.1. The fraction of sp³-hybridized carbons (Fsp3) is 0. The highest BCUT2D eigenvalue weighted by atomic mass is 32.2. The van der Waals surface area contributed by atoms with Crippen LogP contribution in [0.1, 0.15) is 5.76 Å². The van der Waals surface area contributed by atoms with Crippen LogP contribution >= 0.6 is 11.8 Å². The molecule has 0 aliphatic heterocycles. The molecule has 0 saturated carbocycles. The van der Waals surface area contributed by atoms with Crippen molar-refractivity contribution in [1.82, 2.24) is 9.97 Å². The maximum Gasteiger partial charge on any atom is 0.174 e. The average molecular weight is 395 g/mol. The van der Waals surface area contributed by atoms with Crippen LogP contribution in [0, 0.1) is 0 Å². The molecule has 5 rings (SSSR count). The number of imidazole rings is 1. The lowest BCUT2D eigenvalue weighted by Gasteiger charge is -2.01. The molecular weight excluding hydrogens is 378 g/mol. The fourth-order valence-electron chi connectivity index (χ4n) is 3.04. The predicted molar refractivity (Wildman–Crippen MR) is 118 cm³/mol. The van der Waals surface area contributed by atoms with Gasteiger partial charge in [-0.2, -0.15) is 0 Å². The second kappa shape index (κ2) is 7.81. The number of nitrogens with zero attached hydrogens (tertiary/aromatic N) is 2. The van der Waals surface area contributed by atoms with Gasteiger partial charge in [0.25, 0.3) is 0 Å². The molecule has 140 valence electrons. The van der Waals surface area contributed by atoms with Crippen molar-refractivity contribution >= 4 is 34.7 Å². The van der Waals surface area contributed by atoms with E-state index in [-0.39, 0.29) is 0 Å². The quantitative estimate of drug-likeness (QED) is 0.336. The normalized spacial score (nSPS) is 11.4. The Labute approximate surface area is 172 Å². The van der Waals surface area contributed by atoms with E-state index in [4.69, 9.17) is 4.42 Å². The van der Waals surface area contributed by atoms with Crippen LogP contribution in [-0.2, 0) is 0 Å². The van der Waals surface area contributed by atoms with Gasteiger partial charge in [0.2, 0.25) is 0 Å². The number of aromatic amines is 1. The zero-order valence-electron chi connectivity index (χ0n) is 15.4. The molecule has 5 aromatic rings. The first kappa shape index (κ1) is 17.5. The van der Waals surface area contributed by atoms with E-state index in [0.29, 0.717) is 5.76 Å². The third kappa shape index (κ3) is 4.00. The summed E-state index contributed by atoms with van der Waals surface area (Å²) in [7, 11) is 0. The summed E-state index contributed by atoms with van der Waals surface area (Å²) >= 11 is 1.46. The maximum atomic E-state index is 5.85. The number of hydrogen-bond donors (Lipinski definition) is 1. The molecule has 0 fully saturated rings.